The number of benzene rings is 1. The lowest BCUT2D eigenvalue weighted by atomic mass is 10.0. The first kappa shape index (κ1) is 20.8. The van der Waals surface area contributed by atoms with E-state index in [9.17, 15) is 18.0 Å². The van der Waals surface area contributed by atoms with Crippen LogP contribution < -0.4 is 15.4 Å². The molecule has 7 nitrogen and oxygen atoms in total. The Hall–Kier alpha value is -3.43. The molecule has 0 spiro atoms. The van der Waals surface area contributed by atoms with Gasteiger partial charge in [0.25, 0.3) is 5.91 Å². The minimum atomic E-state index is -4.52. The highest BCUT2D eigenvalue weighted by Gasteiger charge is 2.47. The van der Waals surface area contributed by atoms with Crippen LogP contribution in [0.15, 0.2) is 53.1 Å². The third kappa shape index (κ3) is 4.37. The fourth-order valence-corrected chi connectivity index (χ4v) is 3.67. The van der Waals surface area contributed by atoms with Crippen LogP contribution in [0.3, 0.4) is 0 Å². The van der Waals surface area contributed by atoms with Crippen LogP contribution in [0, 0.1) is 0 Å². The fraction of sp³-hybridized carbons (Fsp3) is 0.333. The van der Waals surface area contributed by atoms with E-state index in [1.165, 1.54) is 12.3 Å². The van der Waals surface area contributed by atoms with Crippen LogP contribution in [0.5, 0.6) is 5.75 Å². The average molecular weight is 434 g/mol. The molecule has 1 aromatic carbocycles. The maximum absolute atomic E-state index is 13.7. The number of para-hydroxylation sites is 1. The molecule has 3 aromatic rings. The first-order valence-corrected chi connectivity index (χ1v) is 9.73. The second-order valence-electron chi connectivity index (χ2n) is 7.18. The summed E-state index contributed by atoms with van der Waals surface area (Å²) in [6.45, 7) is 0.284. The number of fused-ring (bicyclic) bond motifs is 1. The van der Waals surface area contributed by atoms with E-state index in [-0.39, 0.29) is 24.5 Å². The van der Waals surface area contributed by atoms with E-state index in [0.717, 1.165) is 10.2 Å². The van der Waals surface area contributed by atoms with Gasteiger partial charge in [-0.1, -0.05) is 18.2 Å². The van der Waals surface area contributed by atoms with E-state index in [4.69, 9.17) is 9.15 Å². The molecule has 0 bridgehead atoms. The van der Waals surface area contributed by atoms with Crippen molar-refractivity contribution in [1.29, 1.82) is 0 Å². The Kier molecular flexibility index (Phi) is 5.62. The lowest BCUT2D eigenvalue weighted by molar-refractivity contribution is -0.174. The van der Waals surface area contributed by atoms with Crippen LogP contribution in [-0.2, 0) is 6.42 Å². The quantitative estimate of drug-likeness (QED) is 0.610. The summed E-state index contributed by atoms with van der Waals surface area (Å²) in [7, 11) is 1.56. The maximum atomic E-state index is 13.7. The molecule has 31 heavy (non-hydrogen) atoms. The van der Waals surface area contributed by atoms with E-state index >= 15 is 0 Å². The number of alkyl halides is 3. The maximum Gasteiger partial charge on any atom is 0.410 e. The Labute approximate surface area is 176 Å². The van der Waals surface area contributed by atoms with E-state index in [1.807, 2.05) is 24.3 Å². The number of hydrogen-bond acceptors (Lipinski definition) is 5. The van der Waals surface area contributed by atoms with Crippen LogP contribution in [0.1, 0.15) is 40.3 Å². The zero-order valence-corrected chi connectivity index (χ0v) is 16.6. The molecule has 0 saturated heterocycles. The number of aromatic nitrogens is 2. The highest BCUT2D eigenvalue weighted by Crippen LogP contribution is 2.43. The molecule has 2 atom stereocenters. The van der Waals surface area contributed by atoms with Crippen molar-refractivity contribution in [3.63, 3.8) is 0 Å². The molecule has 0 radical (unpaired) electrons. The van der Waals surface area contributed by atoms with E-state index in [2.05, 4.69) is 15.7 Å². The van der Waals surface area contributed by atoms with Crippen LogP contribution >= 0.6 is 0 Å². The molecule has 10 heteroatoms. The van der Waals surface area contributed by atoms with Gasteiger partial charge in [-0.2, -0.15) is 18.3 Å². The number of halogens is 3. The zero-order chi connectivity index (χ0) is 22.0. The van der Waals surface area contributed by atoms with Crippen LogP contribution in [-0.4, -0.2) is 35.5 Å². The van der Waals surface area contributed by atoms with Gasteiger partial charge in [0.15, 0.2) is 11.7 Å². The first-order chi connectivity index (χ1) is 14.9. The van der Waals surface area contributed by atoms with Gasteiger partial charge in [-0.25, -0.2) is 4.68 Å². The van der Waals surface area contributed by atoms with Gasteiger partial charge in [0.1, 0.15) is 17.3 Å². The smallest absolute Gasteiger partial charge is 0.410 e. The fourth-order valence-electron chi connectivity index (χ4n) is 3.67. The Balaban J connectivity index is 1.49. The number of nitrogens with zero attached hydrogens (tertiary/aromatic N) is 2. The monoisotopic (exact) mass is 434 g/mol. The minimum Gasteiger partial charge on any atom is -0.496 e. The summed E-state index contributed by atoms with van der Waals surface area (Å²) >= 11 is 0. The van der Waals surface area contributed by atoms with Crippen molar-refractivity contribution in [2.24, 2.45) is 0 Å². The van der Waals surface area contributed by atoms with Crippen LogP contribution in [0.4, 0.5) is 19.0 Å². The third-order valence-corrected chi connectivity index (χ3v) is 5.18. The summed E-state index contributed by atoms with van der Waals surface area (Å²) in [5.74, 6) is 0.666. The van der Waals surface area contributed by atoms with Gasteiger partial charge < -0.3 is 19.8 Å². The molecule has 0 aliphatic carbocycles. The Morgan fingerprint density at radius 3 is 2.84 bits per heavy atom. The summed E-state index contributed by atoms with van der Waals surface area (Å²) in [5.41, 5.74) is 0.825. The standard InChI is InChI=1S/C21H21F3N4O3/c1-30-16-6-3-2-5-13(16)8-9-25-20(29)15-12-19-26-14(17-7-4-10-31-17)11-18(21(22,23)24)28(19)27-15/h2-7,10,12,14,18,26H,8-9,11H2,1H3,(H,25,29)/t14-,18+/m0/s1. The van der Waals surface area contributed by atoms with Gasteiger partial charge in [-0.3, -0.25) is 4.79 Å². The van der Waals surface area contributed by atoms with E-state index in [0.29, 0.717) is 17.9 Å². The number of ether oxygens (including phenoxy) is 1. The highest BCUT2D eigenvalue weighted by molar-refractivity contribution is 5.93. The van der Waals surface area contributed by atoms with Gasteiger partial charge in [0, 0.05) is 19.0 Å². The number of anilines is 1. The van der Waals surface area contributed by atoms with Gasteiger partial charge in [-0.15, -0.1) is 0 Å². The minimum absolute atomic E-state index is 0.0862. The van der Waals surface area contributed by atoms with Crippen molar-refractivity contribution in [3.05, 3.63) is 65.7 Å². The molecular weight excluding hydrogens is 413 g/mol. The second-order valence-corrected chi connectivity index (χ2v) is 7.18. The van der Waals surface area contributed by atoms with E-state index < -0.39 is 24.2 Å². The van der Waals surface area contributed by atoms with Gasteiger partial charge in [-0.05, 0) is 30.2 Å². The number of furan rings is 1. The SMILES string of the molecule is COc1ccccc1CCNC(=O)c1cc2n(n1)[C@@H](C(F)(F)F)C[C@@H](c1ccco1)N2. The molecular formula is C21H21F3N4O3. The number of rotatable bonds is 6. The number of methoxy groups -OCH3 is 1. The number of nitrogens with one attached hydrogen (secondary N) is 2. The number of carbonyl (C=O) groups excluding carboxylic acids is 1. The van der Waals surface area contributed by atoms with Crippen LogP contribution in [0.2, 0.25) is 0 Å². The Morgan fingerprint density at radius 2 is 2.13 bits per heavy atom. The molecule has 1 aliphatic rings. The summed E-state index contributed by atoms with van der Waals surface area (Å²) in [5, 5.41) is 9.63. The number of amides is 1. The van der Waals surface area contributed by atoms with Crippen molar-refractivity contribution in [1.82, 2.24) is 15.1 Å². The average Bonchev–Trinajstić information content (AvgIpc) is 3.42. The lowest BCUT2D eigenvalue weighted by Crippen LogP contribution is -2.35. The Bertz CT molecular complexity index is 1050. The molecule has 3 heterocycles. The number of carbonyl (C=O) groups is 1. The molecule has 4 rings (SSSR count). The van der Waals surface area contributed by atoms with Crippen molar-refractivity contribution < 1.29 is 27.1 Å². The summed E-state index contributed by atoms with van der Waals surface area (Å²) in [4.78, 5) is 12.5. The summed E-state index contributed by atoms with van der Waals surface area (Å²) in [6, 6.07) is 9.42. The van der Waals surface area contributed by atoms with Crippen molar-refractivity contribution in [2.45, 2.75) is 31.1 Å². The molecule has 0 saturated carbocycles. The molecule has 0 fully saturated rings. The van der Waals surface area contributed by atoms with Crippen molar-refractivity contribution in [3.8, 4) is 5.75 Å². The Morgan fingerprint density at radius 1 is 1.32 bits per heavy atom. The predicted molar refractivity (Wildman–Crippen MR) is 106 cm³/mol. The topological polar surface area (TPSA) is 81.3 Å². The van der Waals surface area contributed by atoms with Crippen molar-refractivity contribution >= 4 is 11.7 Å². The molecule has 164 valence electrons. The van der Waals surface area contributed by atoms with Gasteiger partial charge in [0.2, 0.25) is 0 Å². The molecule has 1 amide bonds. The van der Waals surface area contributed by atoms with E-state index in [1.54, 1.807) is 19.2 Å². The normalized spacial score (nSPS) is 18.2. The summed E-state index contributed by atoms with van der Waals surface area (Å²) < 4.78 is 52.4. The van der Waals surface area contributed by atoms with Gasteiger partial charge in [0.05, 0.1) is 19.4 Å². The number of hydrogen-bond donors (Lipinski definition) is 2. The third-order valence-electron chi connectivity index (χ3n) is 5.18. The highest BCUT2D eigenvalue weighted by atomic mass is 19.4. The predicted octanol–water partition coefficient (Wildman–Crippen LogP) is 4.12. The molecule has 2 aromatic heterocycles. The van der Waals surface area contributed by atoms with Crippen molar-refractivity contribution in [2.75, 3.05) is 19.0 Å². The first-order valence-electron chi connectivity index (χ1n) is 9.73. The lowest BCUT2D eigenvalue weighted by Gasteiger charge is -2.32. The van der Waals surface area contributed by atoms with Crippen LogP contribution in [0.25, 0.3) is 0 Å². The summed E-state index contributed by atoms with van der Waals surface area (Å²) in [6.07, 6.45) is -2.90. The zero-order valence-electron chi connectivity index (χ0n) is 16.6. The van der Waals surface area contributed by atoms with Gasteiger partial charge >= 0.3 is 6.18 Å². The molecule has 1 aliphatic heterocycles. The second kappa shape index (κ2) is 8.37. The molecule has 2 N–H and O–H groups in total. The largest absolute Gasteiger partial charge is 0.496 e. The molecule has 0 unspecified atom stereocenters.